The molecule has 1 aromatic heterocycles. The van der Waals surface area contributed by atoms with Gasteiger partial charge in [0.2, 0.25) is 5.91 Å². The number of amides is 1. The van der Waals surface area contributed by atoms with Gasteiger partial charge in [-0.2, -0.15) is 0 Å². The fourth-order valence-corrected chi connectivity index (χ4v) is 4.51. The predicted octanol–water partition coefficient (Wildman–Crippen LogP) is 4.64. The Morgan fingerprint density at radius 3 is 2.90 bits per heavy atom. The van der Waals surface area contributed by atoms with E-state index in [1.54, 1.807) is 43.4 Å². The van der Waals surface area contributed by atoms with E-state index < -0.39 is 11.4 Å². The Morgan fingerprint density at radius 1 is 1.33 bits per heavy atom. The van der Waals surface area contributed by atoms with Gasteiger partial charge in [0.25, 0.3) is 0 Å². The van der Waals surface area contributed by atoms with Crippen molar-refractivity contribution in [3.05, 3.63) is 52.0 Å². The van der Waals surface area contributed by atoms with E-state index in [0.717, 1.165) is 43.8 Å². The summed E-state index contributed by atoms with van der Waals surface area (Å²) in [6.07, 6.45) is 3.46. The summed E-state index contributed by atoms with van der Waals surface area (Å²) in [4.78, 5) is 16.8. The lowest BCUT2D eigenvalue weighted by Crippen LogP contribution is -2.35. The molecule has 1 atom stereocenters. The maximum absolute atomic E-state index is 13.7. The van der Waals surface area contributed by atoms with Gasteiger partial charge in [0, 0.05) is 24.4 Å². The van der Waals surface area contributed by atoms with Gasteiger partial charge >= 0.3 is 0 Å². The third-order valence-corrected chi connectivity index (χ3v) is 6.05. The number of likely N-dealkylation sites (tertiary alicyclic amines) is 1. The molecule has 0 radical (unpaired) electrons. The van der Waals surface area contributed by atoms with Crippen LogP contribution in [-0.2, 0) is 11.3 Å². The van der Waals surface area contributed by atoms with Crippen molar-refractivity contribution < 1.29 is 14.3 Å². The van der Waals surface area contributed by atoms with Crippen molar-refractivity contribution in [2.75, 3.05) is 18.4 Å². The molecular weight excluding hydrogens is 399 g/mol. The lowest BCUT2D eigenvalue weighted by Gasteiger charge is -2.32. The minimum Gasteiger partial charge on any atom is -0.378 e. The van der Waals surface area contributed by atoms with E-state index in [-0.39, 0.29) is 11.6 Å². The van der Waals surface area contributed by atoms with Crippen LogP contribution in [0, 0.1) is 23.6 Å². The van der Waals surface area contributed by atoms with E-state index in [4.69, 9.17) is 0 Å². The highest BCUT2D eigenvalue weighted by molar-refractivity contribution is 7.12. The van der Waals surface area contributed by atoms with Crippen LogP contribution in [0.15, 0.2) is 36.4 Å². The highest BCUT2D eigenvalue weighted by Gasteiger charge is 2.21. The van der Waals surface area contributed by atoms with Crippen LogP contribution in [-0.4, -0.2) is 34.6 Å². The fourth-order valence-electron chi connectivity index (χ4n) is 3.61. The van der Waals surface area contributed by atoms with Crippen LogP contribution in [0.5, 0.6) is 0 Å². The second-order valence-electron chi connectivity index (χ2n) is 8.39. The number of hydrogen-bond donors (Lipinski definition) is 2. The number of benzene rings is 1. The van der Waals surface area contributed by atoms with Crippen molar-refractivity contribution in [1.82, 2.24) is 4.90 Å². The molecule has 30 heavy (non-hydrogen) atoms. The minimum absolute atomic E-state index is 0.134. The first-order valence-corrected chi connectivity index (χ1v) is 11.2. The highest BCUT2D eigenvalue weighted by Crippen LogP contribution is 2.25. The Bertz CT molecular complexity index is 923. The molecule has 0 bridgehead atoms. The lowest BCUT2D eigenvalue weighted by atomic mass is 9.93. The Kier molecular flexibility index (Phi) is 7.65. The van der Waals surface area contributed by atoms with Crippen LogP contribution in [0.1, 0.15) is 49.3 Å². The first kappa shape index (κ1) is 22.5. The van der Waals surface area contributed by atoms with Gasteiger partial charge in [-0.15, -0.1) is 11.3 Å². The summed E-state index contributed by atoms with van der Waals surface area (Å²) in [6.45, 7) is 6.26. The van der Waals surface area contributed by atoms with Gasteiger partial charge in [0.1, 0.15) is 11.4 Å². The second-order valence-corrected chi connectivity index (χ2v) is 9.55. The van der Waals surface area contributed by atoms with Gasteiger partial charge in [-0.1, -0.05) is 24.0 Å². The largest absolute Gasteiger partial charge is 0.378 e. The molecular formula is C24H29FN2O2S. The fraction of sp³-hybridized carbons (Fsp3) is 0.458. The lowest BCUT2D eigenvalue weighted by molar-refractivity contribution is -0.116. The average Bonchev–Trinajstić information content (AvgIpc) is 3.14. The molecule has 0 saturated carbocycles. The maximum Gasteiger partial charge on any atom is 0.224 e. The molecule has 3 rings (SSSR count). The Labute approximate surface area is 182 Å². The quantitative estimate of drug-likeness (QED) is 0.659. The Hall–Kier alpha value is -2.20. The van der Waals surface area contributed by atoms with Crippen LogP contribution < -0.4 is 5.32 Å². The van der Waals surface area contributed by atoms with Crippen molar-refractivity contribution in [1.29, 1.82) is 0 Å². The summed E-state index contributed by atoms with van der Waals surface area (Å²) >= 11 is 1.66. The summed E-state index contributed by atoms with van der Waals surface area (Å²) in [5.74, 6) is 5.82. The summed E-state index contributed by atoms with van der Waals surface area (Å²) in [5, 5.41) is 12.4. The van der Waals surface area contributed by atoms with Gasteiger partial charge in [0.15, 0.2) is 0 Å². The van der Waals surface area contributed by atoms with E-state index in [2.05, 4.69) is 28.1 Å². The summed E-state index contributed by atoms with van der Waals surface area (Å²) in [7, 11) is 0. The molecule has 1 saturated heterocycles. The Morgan fingerprint density at radius 2 is 2.13 bits per heavy atom. The predicted molar refractivity (Wildman–Crippen MR) is 120 cm³/mol. The average molecular weight is 429 g/mol. The maximum atomic E-state index is 13.7. The van der Waals surface area contributed by atoms with Gasteiger partial charge in [-0.25, -0.2) is 4.39 Å². The van der Waals surface area contributed by atoms with Gasteiger partial charge in [0.05, 0.1) is 10.6 Å². The smallest absolute Gasteiger partial charge is 0.224 e. The third kappa shape index (κ3) is 7.24. The summed E-state index contributed by atoms with van der Waals surface area (Å²) in [5.41, 5.74) is -0.739. The number of nitrogens with zero attached hydrogens (tertiary/aromatic N) is 1. The monoisotopic (exact) mass is 428 g/mol. The zero-order chi connectivity index (χ0) is 21.6. The third-order valence-electron chi connectivity index (χ3n) is 5.06. The van der Waals surface area contributed by atoms with Crippen LogP contribution in [0.3, 0.4) is 0 Å². The number of carbonyl (C=O) groups excluding carboxylic acids is 1. The van der Waals surface area contributed by atoms with E-state index >= 15 is 0 Å². The highest BCUT2D eigenvalue weighted by atomic mass is 32.1. The molecule has 0 unspecified atom stereocenters. The normalized spacial score (nSPS) is 17.3. The van der Waals surface area contributed by atoms with E-state index in [0.29, 0.717) is 12.3 Å². The second kappa shape index (κ2) is 10.2. The zero-order valence-corrected chi connectivity index (χ0v) is 18.4. The minimum atomic E-state index is -0.983. The van der Waals surface area contributed by atoms with Crippen molar-refractivity contribution in [3.8, 4) is 11.8 Å². The van der Waals surface area contributed by atoms with E-state index in [1.807, 2.05) is 6.07 Å². The number of halogens is 1. The SMILES string of the molecule is CC(C)(O)C#Cc1ccc(CN2CCC[C@@H](CCC(=O)Nc3ccccc3F)C2)s1. The molecule has 2 heterocycles. The van der Waals surface area contributed by atoms with Crippen LogP contribution in [0.4, 0.5) is 10.1 Å². The number of carbonyl (C=O) groups is 1. The number of nitrogens with one attached hydrogen (secondary N) is 1. The first-order valence-electron chi connectivity index (χ1n) is 10.4. The topological polar surface area (TPSA) is 52.6 Å². The molecule has 2 N–H and O–H groups in total. The van der Waals surface area contributed by atoms with Crippen molar-refractivity contribution >= 4 is 22.9 Å². The van der Waals surface area contributed by atoms with Crippen molar-refractivity contribution in [3.63, 3.8) is 0 Å². The van der Waals surface area contributed by atoms with E-state index in [9.17, 15) is 14.3 Å². The van der Waals surface area contributed by atoms with E-state index in [1.165, 1.54) is 10.9 Å². The molecule has 6 heteroatoms. The first-order chi connectivity index (χ1) is 14.3. The molecule has 1 aromatic carbocycles. The standard InChI is InChI=1S/C24H29FN2O2S/c1-24(2,29)14-13-19-10-11-20(30-19)17-27-15-5-6-18(16-27)9-12-23(28)26-22-8-4-3-7-21(22)25/h3-4,7-8,10-11,18,29H,5-6,9,12,15-17H2,1-2H3,(H,26,28)/t18-/m0/s1. The molecule has 1 fully saturated rings. The van der Waals surface area contributed by atoms with Crippen molar-refractivity contribution in [2.45, 2.75) is 51.7 Å². The number of para-hydroxylation sites is 1. The van der Waals surface area contributed by atoms with Crippen molar-refractivity contribution in [2.24, 2.45) is 5.92 Å². The number of aliphatic hydroxyl groups is 1. The number of hydrogen-bond acceptors (Lipinski definition) is 4. The number of piperidine rings is 1. The zero-order valence-electron chi connectivity index (χ0n) is 17.6. The molecule has 4 nitrogen and oxygen atoms in total. The van der Waals surface area contributed by atoms with Crippen LogP contribution in [0.25, 0.3) is 0 Å². The Balaban J connectivity index is 1.46. The molecule has 1 aliphatic heterocycles. The van der Waals surface area contributed by atoms with Gasteiger partial charge < -0.3 is 10.4 Å². The van der Waals surface area contributed by atoms with Crippen LogP contribution in [0.2, 0.25) is 0 Å². The summed E-state index contributed by atoms with van der Waals surface area (Å²) < 4.78 is 13.7. The number of thiophene rings is 1. The molecule has 1 amide bonds. The molecule has 1 aliphatic rings. The molecule has 0 spiro atoms. The molecule has 2 aromatic rings. The number of rotatable bonds is 6. The van der Waals surface area contributed by atoms with Gasteiger partial charge in [-0.3, -0.25) is 9.69 Å². The summed E-state index contributed by atoms with van der Waals surface area (Å²) in [6, 6.07) is 10.4. The number of anilines is 1. The molecule has 0 aliphatic carbocycles. The molecule has 160 valence electrons. The van der Waals surface area contributed by atoms with Gasteiger partial charge in [-0.05, 0) is 69.8 Å². The van der Waals surface area contributed by atoms with Crippen LogP contribution >= 0.6 is 11.3 Å².